The van der Waals surface area contributed by atoms with Gasteiger partial charge in [0.2, 0.25) is 0 Å². The summed E-state index contributed by atoms with van der Waals surface area (Å²) in [5, 5.41) is 8.68. The Labute approximate surface area is 105 Å². The lowest BCUT2D eigenvalue weighted by molar-refractivity contribution is -0.138. The Balaban J connectivity index is 2.65. The maximum atomic E-state index is 10.9. The molecule has 5 heteroatoms. The van der Waals surface area contributed by atoms with Crippen LogP contribution in [0.4, 0.5) is 0 Å². The van der Waals surface area contributed by atoms with Crippen LogP contribution < -0.4 is 5.73 Å². The first kappa shape index (κ1) is 13.9. The summed E-state index contributed by atoms with van der Waals surface area (Å²) >= 11 is 0. The van der Waals surface area contributed by atoms with Crippen LogP contribution in [0.1, 0.15) is 11.1 Å². The fourth-order valence-corrected chi connectivity index (χ4v) is 1.34. The van der Waals surface area contributed by atoms with E-state index in [9.17, 15) is 9.59 Å². The van der Waals surface area contributed by atoms with Gasteiger partial charge in [0.05, 0.1) is 7.11 Å². The van der Waals surface area contributed by atoms with E-state index in [1.807, 2.05) is 0 Å². The van der Waals surface area contributed by atoms with Gasteiger partial charge in [-0.2, -0.15) is 0 Å². The Morgan fingerprint density at radius 3 is 2.50 bits per heavy atom. The van der Waals surface area contributed by atoms with Crippen molar-refractivity contribution in [1.29, 1.82) is 0 Å². The number of carboxylic acid groups (broad SMARTS) is 1. The SMILES string of the molecule is COC(=O)/C=C\c1ccc(C[C@H](N)C(=O)O)cc1. The first-order valence-corrected chi connectivity index (χ1v) is 5.36. The molecular formula is C13H15NO4. The second-order valence-electron chi connectivity index (χ2n) is 3.75. The summed E-state index contributed by atoms with van der Waals surface area (Å²) in [6.07, 6.45) is 3.21. The number of methoxy groups -OCH3 is 1. The van der Waals surface area contributed by atoms with E-state index in [1.54, 1.807) is 30.3 Å². The van der Waals surface area contributed by atoms with Crippen LogP contribution in [0.15, 0.2) is 30.3 Å². The zero-order valence-electron chi connectivity index (χ0n) is 10.00. The first-order valence-electron chi connectivity index (χ1n) is 5.36. The van der Waals surface area contributed by atoms with Crippen molar-refractivity contribution in [1.82, 2.24) is 0 Å². The number of benzene rings is 1. The number of carbonyl (C=O) groups excluding carboxylic acids is 1. The summed E-state index contributed by atoms with van der Waals surface area (Å²) in [4.78, 5) is 21.5. The molecule has 0 saturated carbocycles. The van der Waals surface area contributed by atoms with Gasteiger partial charge in [0.15, 0.2) is 0 Å². The van der Waals surface area contributed by atoms with Crippen molar-refractivity contribution in [2.45, 2.75) is 12.5 Å². The predicted octanol–water partition coefficient (Wildman–Crippen LogP) is 0.827. The van der Waals surface area contributed by atoms with Crippen LogP contribution >= 0.6 is 0 Å². The number of esters is 1. The maximum Gasteiger partial charge on any atom is 0.330 e. The van der Waals surface area contributed by atoms with E-state index < -0.39 is 18.0 Å². The Bertz CT molecular complexity index is 451. The predicted molar refractivity (Wildman–Crippen MR) is 66.8 cm³/mol. The summed E-state index contributed by atoms with van der Waals surface area (Å²) < 4.78 is 4.47. The number of carbonyl (C=O) groups is 2. The number of rotatable bonds is 5. The quantitative estimate of drug-likeness (QED) is 0.596. The molecule has 0 aliphatic carbocycles. The fourth-order valence-electron chi connectivity index (χ4n) is 1.34. The molecule has 1 atom stereocenters. The van der Waals surface area contributed by atoms with E-state index in [1.165, 1.54) is 13.2 Å². The van der Waals surface area contributed by atoms with Crippen LogP contribution in [0.25, 0.3) is 6.08 Å². The largest absolute Gasteiger partial charge is 0.480 e. The normalized spacial score (nSPS) is 12.3. The van der Waals surface area contributed by atoms with Crippen LogP contribution in [0.5, 0.6) is 0 Å². The minimum absolute atomic E-state index is 0.274. The molecule has 96 valence electrons. The lowest BCUT2D eigenvalue weighted by atomic mass is 10.0. The molecule has 0 saturated heterocycles. The highest BCUT2D eigenvalue weighted by Gasteiger charge is 2.11. The monoisotopic (exact) mass is 249 g/mol. The Kier molecular flexibility index (Phi) is 5.07. The average molecular weight is 249 g/mol. The Morgan fingerprint density at radius 1 is 1.39 bits per heavy atom. The van der Waals surface area contributed by atoms with Crippen molar-refractivity contribution in [2.75, 3.05) is 7.11 Å². The van der Waals surface area contributed by atoms with Crippen molar-refractivity contribution < 1.29 is 19.4 Å². The maximum absolute atomic E-state index is 10.9. The Morgan fingerprint density at radius 2 is 2.00 bits per heavy atom. The van der Waals surface area contributed by atoms with Gasteiger partial charge in [-0.25, -0.2) is 4.79 Å². The molecule has 0 fully saturated rings. The summed E-state index contributed by atoms with van der Waals surface area (Å²) in [6.45, 7) is 0. The molecular weight excluding hydrogens is 234 g/mol. The van der Waals surface area contributed by atoms with Gasteiger partial charge in [-0.1, -0.05) is 24.3 Å². The van der Waals surface area contributed by atoms with Crippen molar-refractivity contribution in [2.24, 2.45) is 5.73 Å². The topological polar surface area (TPSA) is 89.6 Å². The van der Waals surface area contributed by atoms with Gasteiger partial charge in [-0.3, -0.25) is 4.79 Å². The van der Waals surface area contributed by atoms with E-state index in [2.05, 4.69) is 4.74 Å². The van der Waals surface area contributed by atoms with Gasteiger partial charge in [0, 0.05) is 6.08 Å². The zero-order valence-corrected chi connectivity index (χ0v) is 10.00. The number of nitrogens with two attached hydrogens (primary N) is 1. The zero-order chi connectivity index (χ0) is 13.5. The lowest BCUT2D eigenvalue weighted by Crippen LogP contribution is -2.32. The van der Waals surface area contributed by atoms with Crippen molar-refractivity contribution in [3.8, 4) is 0 Å². The molecule has 18 heavy (non-hydrogen) atoms. The molecule has 0 heterocycles. The summed E-state index contributed by atoms with van der Waals surface area (Å²) in [7, 11) is 1.31. The van der Waals surface area contributed by atoms with Gasteiger partial charge < -0.3 is 15.6 Å². The average Bonchev–Trinajstić information content (AvgIpc) is 2.37. The second-order valence-corrected chi connectivity index (χ2v) is 3.75. The van der Waals surface area contributed by atoms with E-state index in [-0.39, 0.29) is 6.42 Å². The van der Waals surface area contributed by atoms with Crippen molar-refractivity contribution in [3.05, 3.63) is 41.5 Å². The highest BCUT2D eigenvalue weighted by molar-refractivity contribution is 5.86. The standard InChI is InChI=1S/C13H15NO4/c1-18-12(15)7-6-9-2-4-10(5-3-9)8-11(14)13(16)17/h2-7,11H,8,14H2,1H3,(H,16,17)/b7-6-/t11-/m0/s1. The van der Waals surface area contributed by atoms with Gasteiger partial charge in [0.1, 0.15) is 6.04 Å². The third kappa shape index (κ3) is 4.39. The van der Waals surface area contributed by atoms with E-state index in [0.717, 1.165) is 11.1 Å². The number of hydrogen-bond acceptors (Lipinski definition) is 4. The second kappa shape index (κ2) is 6.56. The fraction of sp³-hybridized carbons (Fsp3) is 0.231. The molecule has 0 aromatic heterocycles. The molecule has 0 aliphatic rings. The molecule has 0 amide bonds. The summed E-state index contributed by atoms with van der Waals surface area (Å²) in [5.74, 6) is -1.45. The molecule has 5 nitrogen and oxygen atoms in total. The molecule has 1 rings (SSSR count). The van der Waals surface area contributed by atoms with Gasteiger partial charge in [0.25, 0.3) is 0 Å². The number of ether oxygens (including phenoxy) is 1. The molecule has 0 aliphatic heterocycles. The van der Waals surface area contributed by atoms with E-state index in [4.69, 9.17) is 10.8 Å². The first-order chi connectivity index (χ1) is 8.52. The van der Waals surface area contributed by atoms with Crippen LogP contribution in [0.3, 0.4) is 0 Å². The van der Waals surface area contributed by atoms with Crippen molar-refractivity contribution >= 4 is 18.0 Å². The van der Waals surface area contributed by atoms with Gasteiger partial charge >= 0.3 is 11.9 Å². The van der Waals surface area contributed by atoms with Crippen molar-refractivity contribution in [3.63, 3.8) is 0 Å². The number of aliphatic carboxylic acids is 1. The van der Waals surface area contributed by atoms with E-state index >= 15 is 0 Å². The molecule has 0 bridgehead atoms. The minimum atomic E-state index is -1.02. The van der Waals surface area contributed by atoms with Crippen LogP contribution in [-0.4, -0.2) is 30.2 Å². The molecule has 0 unspecified atom stereocenters. The summed E-state index contributed by atoms with van der Waals surface area (Å²) in [5.41, 5.74) is 7.09. The van der Waals surface area contributed by atoms with Crippen LogP contribution in [-0.2, 0) is 20.7 Å². The highest BCUT2D eigenvalue weighted by atomic mass is 16.5. The molecule has 0 spiro atoms. The smallest absolute Gasteiger partial charge is 0.330 e. The van der Waals surface area contributed by atoms with Crippen LogP contribution in [0, 0.1) is 0 Å². The minimum Gasteiger partial charge on any atom is -0.480 e. The summed E-state index contributed by atoms with van der Waals surface area (Å²) in [6, 6.07) is 6.22. The highest BCUT2D eigenvalue weighted by Crippen LogP contribution is 2.08. The lowest BCUT2D eigenvalue weighted by Gasteiger charge is -2.06. The molecule has 3 N–H and O–H groups in total. The van der Waals surface area contributed by atoms with E-state index in [0.29, 0.717) is 0 Å². The molecule has 1 aromatic carbocycles. The third-order valence-electron chi connectivity index (χ3n) is 2.37. The van der Waals surface area contributed by atoms with Gasteiger partial charge in [-0.15, -0.1) is 0 Å². The molecule has 0 radical (unpaired) electrons. The number of carboxylic acids is 1. The van der Waals surface area contributed by atoms with Gasteiger partial charge in [-0.05, 0) is 23.6 Å². The Hall–Kier alpha value is -2.14. The van der Waals surface area contributed by atoms with Crippen LogP contribution in [0.2, 0.25) is 0 Å². The number of hydrogen-bond donors (Lipinski definition) is 2. The molecule has 1 aromatic rings. The third-order valence-corrected chi connectivity index (χ3v) is 2.37.